The Morgan fingerprint density at radius 1 is 1.12 bits per heavy atom. The van der Waals surface area contributed by atoms with Gasteiger partial charge in [-0.25, -0.2) is 0 Å². The number of amides is 2. The zero-order valence-electron chi connectivity index (χ0n) is 14.8. The molecule has 2 N–H and O–H groups in total. The topological polar surface area (TPSA) is 80.6 Å². The molecular formula is C20H22N2O4. The molecule has 2 aromatic rings. The largest absolute Gasteiger partial charge is 0.454 e. The van der Waals surface area contributed by atoms with Crippen LogP contribution in [-0.4, -0.2) is 38.1 Å². The highest BCUT2D eigenvalue weighted by molar-refractivity contribution is 5.99. The number of nitrogens with one attached hydrogen (secondary N) is 2. The summed E-state index contributed by atoms with van der Waals surface area (Å²) in [6.45, 7) is 3.38. The minimum atomic E-state index is -0.345. The minimum Gasteiger partial charge on any atom is -0.454 e. The molecule has 0 spiro atoms. The van der Waals surface area contributed by atoms with Crippen molar-refractivity contribution in [3.05, 3.63) is 59.0 Å². The normalized spacial score (nSPS) is 24.6. The highest BCUT2D eigenvalue weighted by Crippen LogP contribution is 2.44. The average Bonchev–Trinajstić information content (AvgIpc) is 3.07. The van der Waals surface area contributed by atoms with Gasteiger partial charge < -0.3 is 19.8 Å². The van der Waals surface area contributed by atoms with E-state index in [1.807, 2.05) is 37.3 Å². The second kappa shape index (κ2) is 6.61. The van der Waals surface area contributed by atoms with E-state index in [9.17, 15) is 9.59 Å². The Hall–Kier alpha value is -2.60. The molecule has 136 valence electrons. The third-order valence-electron chi connectivity index (χ3n) is 5.40. The Bertz CT molecular complexity index is 820. The number of carbonyl (C=O) groups is 2. The lowest BCUT2D eigenvalue weighted by Gasteiger charge is -2.12. The Labute approximate surface area is 151 Å². The molecule has 1 aliphatic carbocycles. The summed E-state index contributed by atoms with van der Waals surface area (Å²) in [5.74, 6) is 0.809. The van der Waals surface area contributed by atoms with Crippen molar-refractivity contribution in [2.24, 2.45) is 11.8 Å². The molecular weight excluding hydrogens is 332 g/mol. The summed E-state index contributed by atoms with van der Waals surface area (Å²) in [6, 6.07) is 11.5. The van der Waals surface area contributed by atoms with Crippen molar-refractivity contribution in [3.63, 3.8) is 0 Å². The van der Waals surface area contributed by atoms with Gasteiger partial charge in [-0.15, -0.1) is 0 Å². The van der Waals surface area contributed by atoms with E-state index in [0.29, 0.717) is 36.4 Å². The first kappa shape index (κ1) is 16.8. The summed E-state index contributed by atoms with van der Waals surface area (Å²) >= 11 is 0. The number of fused-ring (bicyclic) bond motifs is 1. The SMILES string of the molecule is CNC(=O)c1cc(C(=O)NC2[C@H]3COC[C@@H]23)c([C@H](C)c2ccccc2)o1. The van der Waals surface area contributed by atoms with Gasteiger partial charge in [0.05, 0.1) is 18.8 Å². The van der Waals surface area contributed by atoms with E-state index in [0.717, 1.165) is 5.56 Å². The second-order valence-electron chi connectivity index (χ2n) is 6.96. The number of carbonyl (C=O) groups excluding carboxylic acids is 2. The summed E-state index contributed by atoms with van der Waals surface area (Å²) in [6.07, 6.45) is 0. The highest BCUT2D eigenvalue weighted by atomic mass is 16.5. The summed E-state index contributed by atoms with van der Waals surface area (Å²) in [7, 11) is 1.54. The van der Waals surface area contributed by atoms with E-state index in [2.05, 4.69) is 10.6 Å². The van der Waals surface area contributed by atoms with Crippen LogP contribution in [0.1, 0.15) is 45.1 Å². The highest BCUT2D eigenvalue weighted by Gasteiger charge is 2.55. The van der Waals surface area contributed by atoms with Crippen LogP contribution >= 0.6 is 0 Å². The number of hydrogen-bond acceptors (Lipinski definition) is 4. The number of furan rings is 1. The van der Waals surface area contributed by atoms with E-state index < -0.39 is 0 Å². The van der Waals surface area contributed by atoms with Crippen LogP contribution in [0.2, 0.25) is 0 Å². The molecule has 1 aromatic heterocycles. The van der Waals surface area contributed by atoms with Crippen LogP contribution in [0.3, 0.4) is 0 Å². The van der Waals surface area contributed by atoms with E-state index in [-0.39, 0.29) is 29.5 Å². The number of rotatable bonds is 5. The van der Waals surface area contributed by atoms with Crippen LogP contribution in [-0.2, 0) is 4.74 Å². The van der Waals surface area contributed by atoms with Gasteiger partial charge in [0.25, 0.3) is 11.8 Å². The molecule has 1 unspecified atom stereocenters. The van der Waals surface area contributed by atoms with Crippen LogP contribution in [0.15, 0.2) is 40.8 Å². The van der Waals surface area contributed by atoms with Crippen molar-refractivity contribution in [3.8, 4) is 0 Å². The molecule has 2 amide bonds. The summed E-state index contributed by atoms with van der Waals surface area (Å²) in [5.41, 5.74) is 1.45. The summed E-state index contributed by atoms with van der Waals surface area (Å²) < 4.78 is 11.2. The van der Waals surface area contributed by atoms with Crippen molar-refractivity contribution >= 4 is 11.8 Å². The molecule has 4 atom stereocenters. The quantitative estimate of drug-likeness (QED) is 0.862. The molecule has 6 heteroatoms. The molecule has 2 fully saturated rings. The summed E-state index contributed by atoms with van der Waals surface area (Å²) in [4.78, 5) is 24.9. The van der Waals surface area contributed by atoms with E-state index in [1.165, 1.54) is 13.1 Å². The molecule has 2 aliphatic rings. The maximum absolute atomic E-state index is 12.9. The number of ether oxygens (including phenoxy) is 1. The van der Waals surface area contributed by atoms with Gasteiger partial charge in [-0.2, -0.15) is 0 Å². The Morgan fingerprint density at radius 3 is 2.46 bits per heavy atom. The molecule has 4 rings (SSSR count). The second-order valence-corrected chi connectivity index (χ2v) is 6.96. The van der Waals surface area contributed by atoms with Crippen molar-refractivity contribution in [1.82, 2.24) is 10.6 Å². The fourth-order valence-electron chi connectivity index (χ4n) is 3.72. The van der Waals surface area contributed by atoms with Gasteiger partial charge in [0.1, 0.15) is 5.76 Å². The molecule has 1 saturated heterocycles. The Morgan fingerprint density at radius 2 is 1.81 bits per heavy atom. The zero-order chi connectivity index (χ0) is 18.3. The monoisotopic (exact) mass is 354 g/mol. The molecule has 26 heavy (non-hydrogen) atoms. The Kier molecular flexibility index (Phi) is 4.28. The van der Waals surface area contributed by atoms with E-state index >= 15 is 0 Å². The maximum Gasteiger partial charge on any atom is 0.286 e. The van der Waals surface area contributed by atoms with Crippen LogP contribution in [0, 0.1) is 11.8 Å². The van der Waals surface area contributed by atoms with Gasteiger partial charge in [0.2, 0.25) is 0 Å². The van der Waals surface area contributed by atoms with Crippen molar-refractivity contribution in [2.45, 2.75) is 18.9 Å². The first-order valence-corrected chi connectivity index (χ1v) is 8.89. The molecule has 6 nitrogen and oxygen atoms in total. The first-order chi connectivity index (χ1) is 12.6. The maximum atomic E-state index is 12.9. The third kappa shape index (κ3) is 2.90. The number of benzene rings is 1. The van der Waals surface area contributed by atoms with Crippen molar-refractivity contribution in [1.29, 1.82) is 0 Å². The molecule has 0 radical (unpaired) electrons. The van der Waals surface area contributed by atoms with Crippen LogP contribution in [0.5, 0.6) is 0 Å². The van der Waals surface area contributed by atoms with Gasteiger partial charge in [-0.1, -0.05) is 37.3 Å². The fraction of sp³-hybridized carbons (Fsp3) is 0.400. The molecule has 1 aliphatic heterocycles. The minimum absolute atomic E-state index is 0.141. The van der Waals surface area contributed by atoms with Gasteiger partial charge in [-0.3, -0.25) is 9.59 Å². The molecule has 1 aromatic carbocycles. The predicted molar refractivity (Wildman–Crippen MR) is 95.1 cm³/mol. The summed E-state index contributed by atoms with van der Waals surface area (Å²) in [5, 5.41) is 5.62. The van der Waals surface area contributed by atoms with Crippen LogP contribution < -0.4 is 10.6 Å². The lowest BCUT2D eigenvalue weighted by molar-refractivity contribution is 0.0919. The number of hydrogen-bond donors (Lipinski definition) is 2. The van der Waals surface area contributed by atoms with Gasteiger partial charge in [-0.05, 0) is 5.56 Å². The Balaban J connectivity index is 1.62. The molecule has 0 bridgehead atoms. The average molecular weight is 354 g/mol. The van der Waals surface area contributed by atoms with Gasteiger partial charge >= 0.3 is 0 Å². The lowest BCUT2D eigenvalue weighted by Crippen LogP contribution is -2.30. The molecule has 2 heterocycles. The standard InChI is InChI=1S/C20H22N2O4/c1-11(12-6-4-3-5-7-12)18-13(8-16(26-18)20(24)21-2)19(23)22-17-14-9-25-10-15(14)17/h3-8,11,14-15,17H,9-10H2,1-2H3,(H,21,24)(H,22,23)/t11-,14-,15+,17?/m1/s1. The van der Waals surface area contributed by atoms with Gasteiger partial charge in [0, 0.05) is 36.9 Å². The van der Waals surface area contributed by atoms with Crippen LogP contribution in [0.4, 0.5) is 0 Å². The van der Waals surface area contributed by atoms with Crippen LogP contribution in [0.25, 0.3) is 0 Å². The molecule has 1 saturated carbocycles. The smallest absolute Gasteiger partial charge is 0.286 e. The van der Waals surface area contributed by atoms with Crippen molar-refractivity contribution < 1.29 is 18.7 Å². The first-order valence-electron chi connectivity index (χ1n) is 8.89. The third-order valence-corrected chi connectivity index (χ3v) is 5.40. The zero-order valence-corrected chi connectivity index (χ0v) is 14.8. The van der Waals surface area contributed by atoms with E-state index in [1.54, 1.807) is 0 Å². The predicted octanol–water partition coefficient (Wildman–Crippen LogP) is 2.17. The van der Waals surface area contributed by atoms with Crippen molar-refractivity contribution in [2.75, 3.05) is 20.3 Å². The van der Waals surface area contributed by atoms with Gasteiger partial charge in [0.15, 0.2) is 5.76 Å². The fourth-order valence-corrected chi connectivity index (χ4v) is 3.72. The lowest BCUT2D eigenvalue weighted by atomic mass is 9.96. The van der Waals surface area contributed by atoms with E-state index in [4.69, 9.17) is 9.15 Å².